The lowest BCUT2D eigenvalue weighted by atomic mass is 10.0. The van der Waals surface area contributed by atoms with E-state index in [1.807, 2.05) is 32.0 Å². The fourth-order valence-corrected chi connectivity index (χ4v) is 4.52. The zero-order valence-corrected chi connectivity index (χ0v) is 24.5. The minimum atomic E-state index is -1.23. The van der Waals surface area contributed by atoms with Gasteiger partial charge in [0.2, 0.25) is 5.91 Å². The van der Waals surface area contributed by atoms with Gasteiger partial charge in [-0.25, -0.2) is 9.59 Å². The predicted octanol–water partition coefficient (Wildman–Crippen LogP) is 3.19. The number of nitrogens with one attached hydrogen (secondary N) is 2. The third-order valence-electron chi connectivity index (χ3n) is 6.66. The van der Waals surface area contributed by atoms with Gasteiger partial charge in [0.05, 0.1) is 13.2 Å². The standard InChI is InChI=1S/C31H41N3O8/c1-4-7-23-8-5-6-9-27(23)41-20-28(35)32-25(18-21(2)3)29(36)33-26(30(37)38)19-22-10-12-24(13-11-22)42-31(39)34-14-16-40-17-15-34/h5-6,8-13,21,25-26H,4,7,14-20H2,1-3H3,(H,32,35)(H,33,36)(H,37,38)/t25-,26-/m0/s1. The number of hydrogen-bond donors (Lipinski definition) is 3. The Morgan fingerprint density at radius 1 is 0.976 bits per heavy atom. The lowest BCUT2D eigenvalue weighted by Crippen LogP contribution is -2.53. The number of ether oxygens (including phenoxy) is 3. The molecule has 3 N–H and O–H groups in total. The van der Waals surface area contributed by atoms with Gasteiger partial charge in [-0.1, -0.05) is 57.5 Å². The molecule has 228 valence electrons. The van der Waals surface area contributed by atoms with Crippen molar-refractivity contribution >= 4 is 23.9 Å². The van der Waals surface area contributed by atoms with E-state index in [2.05, 4.69) is 17.6 Å². The number of nitrogens with zero attached hydrogens (tertiary/aromatic N) is 1. The van der Waals surface area contributed by atoms with E-state index < -0.39 is 36.0 Å². The van der Waals surface area contributed by atoms with Crippen LogP contribution in [0.4, 0.5) is 4.79 Å². The highest BCUT2D eigenvalue weighted by molar-refractivity contribution is 5.90. The van der Waals surface area contributed by atoms with Crippen LogP contribution in [0, 0.1) is 5.92 Å². The van der Waals surface area contributed by atoms with E-state index in [9.17, 15) is 24.3 Å². The van der Waals surface area contributed by atoms with E-state index in [0.717, 1.165) is 18.4 Å². The maximum atomic E-state index is 13.2. The number of carbonyl (C=O) groups excluding carboxylic acids is 3. The first-order valence-electron chi connectivity index (χ1n) is 14.3. The molecule has 11 nitrogen and oxygen atoms in total. The highest BCUT2D eigenvalue weighted by Gasteiger charge is 2.28. The second kappa shape index (κ2) is 16.4. The molecule has 1 saturated heterocycles. The third kappa shape index (κ3) is 10.4. The minimum absolute atomic E-state index is 0.00156. The van der Waals surface area contributed by atoms with Crippen molar-refractivity contribution in [2.24, 2.45) is 5.92 Å². The molecule has 2 aromatic carbocycles. The van der Waals surface area contributed by atoms with Gasteiger partial charge in [-0.3, -0.25) is 9.59 Å². The zero-order chi connectivity index (χ0) is 30.5. The van der Waals surface area contributed by atoms with E-state index in [0.29, 0.717) is 49.8 Å². The first kappa shape index (κ1) is 32.4. The number of carbonyl (C=O) groups is 4. The highest BCUT2D eigenvalue weighted by atomic mass is 16.6. The molecule has 1 heterocycles. The Bertz CT molecular complexity index is 1190. The van der Waals surface area contributed by atoms with Crippen LogP contribution < -0.4 is 20.1 Å². The molecule has 1 aliphatic heterocycles. The van der Waals surface area contributed by atoms with E-state index in [1.54, 1.807) is 35.2 Å². The topological polar surface area (TPSA) is 143 Å². The van der Waals surface area contributed by atoms with Gasteiger partial charge in [0.15, 0.2) is 6.61 Å². The first-order chi connectivity index (χ1) is 20.2. The molecule has 0 spiro atoms. The van der Waals surface area contributed by atoms with Gasteiger partial charge in [0.1, 0.15) is 23.6 Å². The summed E-state index contributed by atoms with van der Waals surface area (Å²) in [4.78, 5) is 51.8. The predicted molar refractivity (Wildman–Crippen MR) is 155 cm³/mol. The van der Waals surface area contributed by atoms with Crippen LogP contribution in [0.1, 0.15) is 44.7 Å². The van der Waals surface area contributed by atoms with E-state index in [4.69, 9.17) is 14.2 Å². The quantitative estimate of drug-likeness (QED) is 0.308. The molecule has 0 unspecified atom stereocenters. The minimum Gasteiger partial charge on any atom is -0.483 e. The molecular weight excluding hydrogens is 542 g/mol. The van der Waals surface area contributed by atoms with Gasteiger partial charge in [0, 0.05) is 19.5 Å². The molecule has 3 rings (SSSR count). The molecule has 11 heteroatoms. The van der Waals surface area contributed by atoms with Crippen LogP contribution in [0.5, 0.6) is 11.5 Å². The van der Waals surface area contributed by atoms with Crippen molar-refractivity contribution in [1.29, 1.82) is 0 Å². The molecule has 0 saturated carbocycles. The summed E-state index contributed by atoms with van der Waals surface area (Å²) in [7, 11) is 0. The number of para-hydroxylation sites is 1. The molecule has 1 aliphatic rings. The van der Waals surface area contributed by atoms with Crippen LogP contribution in [0.15, 0.2) is 48.5 Å². The summed E-state index contributed by atoms with van der Waals surface area (Å²) in [6.45, 7) is 7.43. The molecule has 3 amide bonds. The molecule has 0 aliphatic carbocycles. The van der Waals surface area contributed by atoms with Crippen molar-refractivity contribution in [3.8, 4) is 11.5 Å². The number of carboxylic acids is 1. The summed E-state index contributed by atoms with van der Waals surface area (Å²) >= 11 is 0. The number of aliphatic carboxylic acids is 1. The number of amides is 3. The fraction of sp³-hybridized carbons (Fsp3) is 0.484. The second-order valence-corrected chi connectivity index (χ2v) is 10.6. The van der Waals surface area contributed by atoms with Crippen LogP contribution >= 0.6 is 0 Å². The number of morpholine rings is 1. The van der Waals surface area contributed by atoms with Crippen molar-refractivity contribution in [3.63, 3.8) is 0 Å². The maximum absolute atomic E-state index is 13.2. The van der Waals surface area contributed by atoms with Gasteiger partial charge in [-0.05, 0) is 48.1 Å². The number of hydrogen-bond acceptors (Lipinski definition) is 7. The molecule has 1 fully saturated rings. The van der Waals surface area contributed by atoms with Crippen LogP contribution in [0.3, 0.4) is 0 Å². The highest BCUT2D eigenvalue weighted by Crippen LogP contribution is 2.19. The lowest BCUT2D eigenvalue weighted by Gasteiger charge is -2.25. The molecule has 42 heavy (non-hydrogen) atoms. The molecule has 0 aromatic heterocycles. The smallest absolute Gasteiger partial charge is 0.415 e. The molecule has 0 bridgehead atoms. The Morgan fingerprint density at radius 2 is 1.67 bits per heavy atom. The summed E-state index contributed by atoms with van der Waals surface area (Å²) in [6, 6.07) is 11.8. The van der Waals surface area contributed by atoms with Crippen molar-refractivity contribution in [3.05, 3.63) is 59.7 Å². The van der Waals surface area contributed by atoms with E-state index in [1.165, 1.54) is 0 Å². The van der Waals surface area contributed by atoms with E-state index >= 15 is 0 Å². The Morgan fingerprint density at radius 3 is 2.31 bits per heavy atom. The van der Waals surface area contributed by atoms with Crippen LogP contribution in [0.2, 0.25) is 0 Å². The number of rotatable bonds is 14. The van der Waals surface area contributed by atoms with Crippen LogP contribution in [0.25, 0.3) is 0 Å². The zero-order valence-electron chi connectivity index (χ0n) is 24.5. The van der Waals surface area contributed by atoms with Gasteiger partial charge in [-0.2, -0.15) is 0 Å². The third-order valence-corrected chi connectivity index (χ3v) is 6.66. The van der Waals surface area contributed by atoms with Crippen molar-refractivity contribution in [2.45, 2.75) is 58.5 Å². The second-order valence-electron chi connectivity index (χ2n) is 10.6. The van der Waals surface area contributed by atoms with Gasteiger partial charge < -0.3 is 34.9 Å². The summed E-state index contributed by atoms with van der Waals surface area (Å²) in [5.41, 5.74) is 1.62. The van der Waals surface area contributed by atoms with Gasteiger partial charge in [-0.15, -0.1) is 0 Å². The Hall–Kier alpha value is -4.12. The molecular formula is C31H41N3O8. The fourth-order valence-electron chi connectivity index (χ4n) is 4.52. The van der Waals surface area contributed by atoms with Crippen molar-refractivity contribution < 1.29 is 38.5 Å². The average molecular weight is 584 g/mol. The molecule has 0 radical (unpaired) electrons. The first-order valence-corrected chi connectivity index (χ1v) is 14.3. The Kier molecular flexibility index (Phi) is 12.6. The monoisotopic (exact) mass is 583 g/mol. The van der Waals surface area contributed by atoms with Crippen molar-refractivity contribution in [2.75, 3.05) is 32.9 Å². The SMILES string of the molecule is CCCc1ccccc1OCC(=O)N[C@@H](CC(C)C)C(=O)N[C@@H](Cc1ccc(OC(=O)N2CCOCC2)cc1)C(=O)O. The van der Waals surface area contributed by atoms with Gasteiger partial charge >= 0.3 is 12.1 Å². The number of benzene rings is 2. The lowest BCUT2D eigenvalue weighted by molar-refractivity contribution is -0.142. The Labute approximate surface area is 246 Å². The summed E-state index contributed by atoms with van der Waals surface area (Å²) in [6.07, 6.45) is 1.59. The summed E-state index contributed by atoms with van der Waals surface area (Å²) in [5, 5.41) is 15.1. The Balaban J connectivity index is 1.57. The normalized spacial score (nSPS) is 14.5. The van der Waals surface area contributed by atoms with Gasteiger partial charge in [0.25, 0.3) is 5.91 Å². The average Bonchev–Trinajstić information content (AvgIpc) is 2.97. The number of aryl methyl sites for hydroxylation is 1. The molecule has 2 aromatic rings. The van der Waals surface area contributed by atoms with Crippen LogP contribution in [-0.4, -0.2) is 78.9 Å². The maximum Gasteiger partial charge on any atom is 0.415 e. The molecule has 2 atom stereocenters. The number of carboxylic acid groups (broad SMARTS) is 1. The van der Waals surface area contributed by atoms with Crippen LogP contribution in [-0.2, 0) is 32.0 Å². The van der Waals surface area contributed by atoms with Crippen molar-refractivity contribution in [1.82, 2.24) is 15.5 Å². The summed E-state index contributed by atoms with van der Waals surface area (Å²) < 4.78 is 16.4. The van der Waals surface area contributed by atoms with E-state index in [-0.39, 0.29) is 18.9 Å². The summed E-state index contributed by atoms with van der Waals surface area (Å²) in [5.74, 6) is -1.28. The largest absolute Gasteiger partial charge is 0.483 e.